The molecule has 0 radical (unpaired) electrons. The Morgan fingerprint density at radius 2 is 1.53 bits per heavy atom. The van der Waals surface area contributed by atoms with Crippen LogP contribution in [0.1, 0.15) is 17.2 Å². The number of hydrogen-bond donors (Lipinski definition) is 2. The molecular weight excluding hydrogens is 214 g/mol. The Hall–Kier alpha value is -1.84. The fourth-order valence-electron chi connectivity index (χ4n) is 1.76. The zero-order chi connectivity index (χ0) is 12.1. The van der Waals surface area contributed by atoms with E-state index in [4.69, 9.17) is 4.84 Å². The summed E-state index contributed by atoms with van der Waals surface area (Å²) in [6.07, 6.45) is 0. The van der Waals surface area contributed by atoms with E-state index in [0.29, 0.717) is 0 Å². The first-order valence-corrected chi connectivity index (χ1v) is 5.43. The summed E-state index contributed by atoms with van der Waals surface area (Å²) in [6.45, 7) is 0. The van der Waals surface area contributed by atoms with Crippen LogP contribution in [-0.4, -0.2) is 12.2 Å². The van der Waals surface area contributed by atoms with Crippen molar-refractivity contribution in [2.24, 2.45) is 0 Å². The number of aromatic hydroxyl groups is 1. The minimum absolute atomic E-state index is 0.0400. The predicted octanol–water partition coefficient (Wildman–Crippen LogP) is 2.63. The van der Waals surface area contributed by atoms with Gasteiger partial charge in [-0.2, -0.15) is 5.48 Å². The molecule has 2 aromatic carbocycles. The van der Waals surface area contributed by atoms with E-state index in [2.05, 4.69) is 5.48 Å². The molecule has 2 rings (SSSR count). The Kier molecular flexibility index (Phi) is 3.75. The molecule has 0 bridgehead atoms. The van der Waals surface area contributed by atoms with Crippen molar-refractivity contribution >= 4 is 0 Å². The molecule has 0 amide bonds. The van der Waals surface area contributed by atoms with E-state index in [9.17, 15) is 5.11 Å². The van der Waals surface area contributed by atoms with Gasteiger partial charge in [0.2, 0.25) is 0 Å². The van der Waals surface area contributed by atoms with Crippen LogP contribution in [-0.2, 0) is 4.84 Å². The van der Waals surface area contributed by atoms with Gasteiger partial charge < -0.3 is 9.94 Å². The van der Waals surface area contributed by atoms with Crippen molar-refractivity contribution < 1.29 is 9.94 Å². The molecule has 2 N–H and O–H groups in total. The molecule has 0 saturated carbocycles. The molecule has 0 aliphatic carbocycles. The van der Waals surface area contributed by atoms with E-state index >= 15 is 0 Å². The van der Waals surface area contributed by atoms with E-state index in [-0.39, 0.29) is 11.8 Å². The molecule has 88 valence electrons. The first kappa shape index (κ1) is 11.6. The lowest BCUT2D eigenvalue weighted by Gasteiger charge is -2.18. The van der Waals surface area contributed by atoms with Crippen molar-refractivity contribution in [3.8, 4) is 5.75 Å². The minimum atomic E-state index is -0.0400. The summed E-state index contributed by atoms with van der Waals surface area (Å²) in [7, 11) is 1.59. The van der Waals surface area contributed by atoms with Crippen LogP contribution in [0.25, 0.3) is 0 Å². The Bertz CT molecular complexity index is 453. The standard InChI is InChI=1S/C14H15NO2/c1-17-15-14(11-5-3-2-4-6-11)12-7-9-13(16)10-8-12/h2-10,14-16H,1H3. The zero-order valence-corrected chi connectivity index (χ0v) is 9.63. The number of phenols is 1. The lowest BCUT2D eigenvalue weighted by molar-refractivity contribution is 0.0716. The zero-order valence-electron chi connectivity index (χ0n) is 9.63. The first-order chi connectivity index (χ1) is 8.31. The van der Waals surface area contributed by atoms with Gasteiger partial charge >= 0.3 is 0 Å². The van der Waals surface area contributed by atoms with Crippen molar-refractivity contribution in [3.05, 3.63) is 65.7 Å². The van der Waals surface area contributed by atoms with Gasteiger partial charge in [0.25, 0.3) is 0 Å². The average Bonchev–Trinajstić information content (AvgIpc) is 2.38. The topological polar surface area (TPSA) is 41.5 Å². The third-order valence-electron chi connectivity index (χ3n) is 2.60. The maximum Gasteiger partial charge on any atom is 0.115 e. The van der Waals surface area contributed by atoms with Crippen LogP contribution in [0.15, 0.2) is 54.6 Å². The number of phenolic OH excluding ortho intramolecular Hbond substituents is 1. The molecule has 3 nitrogen and oxygen atoms in total. The van der Waals surface area contributed by atoms with Crippen LogP contribution < -0.4 is 5.48 Å². The maximum absolute atomic E-state index is 9.29. The maximum atomic E-state index is 9.29. The van der Waals surface area contributed by atoms with Gasteiger partial charge in [-0.15, -0.1) is 0 Å². The Morgan fingerprint density at radius 3 is 2.12 bits per heavy atom. The summed E-state index contributed by atoms with van der Waals surface area (Å²) >= 11 is 0. The molecule has 0 heterocycles. The molecule has 3 heteroatoms. The minimum Gasteiger partial charge on any atom is -0.508 e. The fraction of sp³-hybridized carbons (Fsp3) is 0.143. The highest BCUT2D eigenvalue weighted by molar-refractivity contribution is 5.34. The predicted molar refractivity (Wildman–Crippen MR) is 66.5 cm³/mol. The van der Waals surface area contributed by atoms with Gasteiger partial charge in [-0.1, -0.05) is 42.5 Å². The molecule has 1 atom stereocenters. The second-order valence-electron chi connectivity index (χ2n) is 3.76. The molecule has 2 aromatic rings. The summed E-state index contributed by atoms with van der Waals surface area (Å²) in [5.41, 5.74) is 5.10. The van der Waals surface area contributed by atoms with Gasteiger partial charge in [0.05, 0.1) is 13.2 Å². The third kappa shape index (κ3) is 2.84. The Morgan fingerprint density at radius 1 is 0.941 bits per heavy atom. The molecule has 0 aromatic heterocycles. The summed E-state index contributed by atoms with van der Waals surface area (Å²) in [6, 6.07) is 17.1. The van der Waals surface area contributed by atoms with Gasteiger partial charge in [-0.3, -0.25) is 0 Å². The van der Waals surface area contributed by atoms with Gasteiger partial charge in [0.15, 0.2) is 0 Å². The largest absolute Gasteiger partial charge is 0.508 e. The highest BCUT2D eigenvalue weighted by atomic mass is 16.6. The van der Waals surface area contributed by atoms with Crippen molar-refractivity contribution in [2.75, 3.05) is 7.11 Å². The average molecular weight is 229 g/mol. The van der Waals surface area contributed by atoms with Gasteiger partial charge in [-0.25, -0.2) is 0 Å². The molecule has 0 fully saturated rings. The van der Waals surface area contributed by atoms with E-state index in [1.807, 2.05) is 42.5 Å². The Labute approximate surface area is 101 Å². The van der Waals surface area contributed by atoms with Crippen LogP contribution >= 0.6 is 0 Å². The van der Waals surface area contributed by atoms with Crippen molar-refractivity contribution in [2.45, 2.75) is 6.04 Å². The molecule has 0 aliphatic rings. The van der Waals surface area contributed by atoms with Gasteiger partial charge in [-0.05, 0) is 23.3 Å². The molecule has 0 aliphatic heterocycles. The second kappa shape index (κ2) is 5.48. The lowest BCUT2D eigenvalue weighted by atomic mass is 9.99. The van der Waals surface area contributed by atoms with E-state index in [0.717, 1.165) is 11.1 Å². The van der Waals surface area contributed by atoms with Crippen LogP contribution in [0.3, 0.4) is 0 Å². The molecule has 17 heavy (non-hydrogen) atoms. The third-order valence-corrected chi connectivity index (χ3v) is 2.60. The molecule has 0 spiro atoms. The van der Waals surface area contributed by atoms with E-state index in [1.165, 1.54) is 0 Å². The van der Waals surface area contributed by atoms with E-state index in [1.54, 1.807) is 19.2 Å². The monoisotopic (exact) mass is 229 g/mol. The number of hydroxylamine groups is 1. The van der Waals surface area contributed by atoms with Crippen LogP contribution in [0.2, 0.25) is 0 Å². The summed E-state index contributed by atoms with van der Waals surface area (Å²) in [4.78, 5) is 5.03. The molecule has 0 saturated heterocycles. The normalized spacial score (nSPS) is 12.3. The van der Waals surface area contributed by atoms with Crippen LogP contribution in [0.4, 0.5) is 0 Å². The van der Waals surface area contributed by atoms with E-state index < -0.39 is 0 Å². The number of nitrogens with one attached hydrogen (secondary N) is 1. The smallest absolute Gasteiger partial charge is 0.115 e. The molecular formula is C14H15NO2. The fourth-order valence-corrected chi connectivity index (χ4v) is 1.76. The second-order valence-corrected chi connectivity index (χ2v) is 3.76. The summed E-state index contributed by atoms with van der Waals surface area (Å²) in [5.74, 6) is 0.262. The van der Waals surface area contributed by atoms with Crippen molar-refractivity contribution in [1.29, 1.82) is 0 Å². The number of benzene rings is 2. The Balaban J connectivity index is 2.32. The number of hydrogen-bond acceptors (Lipinski definition) is 3. The summed E-state index contributed by atoms with van der Waals surface area (Å²) < 4.78 is 0. The SMILES string of the molecule is CONC(c1ccccc1)c1ccc(O)cc1. The van der Waals surface area contributed by atoms with Gasteiger partial charge in [0, 0.05) is 0 Å². The van der Waals surface area contributed by atoms with Crippen molar-refractivity contribution in [3.63, 3.8) is 0 Å². The van der Waals surface area contributed by atoms with Crippen molar-refractivity contribution in [1.82, 2.24) is 5.48 Å². The van der Waals surface area contributed by atoms with Crippen LogP contribution in [0, 0.1) is 0 Å². The first-order valence-electron chi connectivity index (χ1n) is 5.43. The van der Waals surface area contributed by atoms with Gasteiger partial charge in [0.1, 0.15) is 5.75 Å². The lowest BCUT2D eigenvalue weighted by Crippen LogP contribution is -2.20. The highest BCUT2D eigenvalue weighted by Crippen LogP contribution is 2.23. The number of rotatable bonds is 4. The van der Waals surface area contributed by atoms with Crippen LogP contribution in [0.5, 0.6) is 5.75 Å². The quantitative estimate of drug-likeness (QED) is 0.792. The summed E-state index contributed by atoms with van der Waals surface area (Å²) in [5, 5.41) is 9.29. The highest BCUT2D eigenvalue weighted by Gasteiger charge is 2.12. The molecule has 1 unspecified atom stereocenters.